The van der Waals surface area contributed by atoms with Gasteiger partial charge >= 0.3 is 0 Å². The van der Waals surface area contributed by atoms with Gasteiger partial charge in [0.1, 0.15) is 0 Å². The van der Waals surface area contributed by atoms with Crippen LogP contribution in [0, 0.1) is 0 Å². The molecule has 0 aliphatic carbocycles. The van der Waals surface area contributed by atoms with Crippen LogP contribution in [0.15, 0.2) is 59.5 Å². The summed E-state index contributed by atoms with van der Waals surface area (Å²) in [4.78, 5) is 0.389. The van der Waals surface area contributed by atoms with E-state index in [2.05, 4.69) is 5.32 Å². The predicted molar refractivity (Wildman–Crippen MR) is 86.0 cm³/mol. The molecule has 2 atom stereocenters. The summed E-state index contributed by atoms with van der Waals surface area (Å²) in [6.07, 6.45) is 0.932. The zero-order chi connectivity index (χ0) is 15.2. The summed E-state index contributed by atoms with van der Waals surface area (Å²) in [7, 11) is -3.38. The molecule has 22 heavy (non-hydrogen) atoms. The number of piperazine rings is 1. The minimum absolute atomic E-state index is 0.115. The summed E-state index contributed by atoms with van der Waals surface area (Å²) < 4.78 is 27.2. The van der Waals surface area contributed by atoms with Crippen molar-refractivity contribution in [2.45, 2.75) is 23.4 Å². The Morgan fingerprint density at radius 2 is 1.64 bits per heavy atom. The van der Waals surface area contributed by atoms with E-state index in [1.807, 2.05) is 42.5 Å². The fraction of sp³-hybridized carbons (Fsp3) is 0.294. The van der Waals surface area contributed by atoms with E-state index in [0.29, 0.717) is 17.5 Å². The monoisotopic (exact) mass is 314 g/mol. The average Bonchev–Trinajstić information content (AvgIpc) is 3.19. The van der Waals surface area contributed by atoms with Gasteiger partial charge in [-0.25, -0.2) is 8.42 Å². The van der Waals surface area contributed by atoms with Gasteiger partial charge in [0.25, 0.3) is 0 Å². The van der Waals surface area contributed by atoms with Gasteiger partial charge in [-0.15, -0.1) is 0 Å². The topological polar surface area (TPSA) is 49.4 Å². The van der Waals surface area contributed by atoms with Crippen molar-refractivity contribution in [3.63, 3.8) is 0 Å². The Morgan fingerprint density at radius 1 is 0.955 bits per heavy atom. The Bertz CT molecular complexity index is 772. The number of sulfonamides is 1. The second-order valence-corrected chi connectivity index (χ2v) is 7.85. The van der Waals surface area contributed by atoms with Crippen LogP contribution in [-0.2, 0) is 10.0 Å². The first-order chi connectivity index (χ1) is 10.6. The molecule has 0 amide bonds. The first-order valence-corrected chi connectivity index (χ1v) is 8.99. The molecule has 2 unspecified atom stereocenters. The summed E-state index contributed by atoms with van der Waals surface area (Å²) in [5.41, 5.74) is 2.13. The molecule has 0 saturated carbocycles. The molecule has 0 spiro atoms. The molecule has 1 N–H and O–H groups in total. The van der Waals surface area contributed by atoms with Crippen molar-refractivity contribution in [2.75, 3.05) is 13.1 Å². The molecular formula is C17H18N2O2S. The highest BCUT2D eigenvalue weighted by Crippen LogP contribution is 2.30. The lowest BCUT2D eigenvalue weighted by Crippen LogP contribution is -2.46. The fourth-order valence-electron chi connectivity index (χ4n) is 3.40. The van der Waals surface area contributed by atoms with Gasteiger partial charge in [0.2, 0.25) is 10.0 Å². The van der Waals surface area contributed by atoms with Crippen LogP contribution in [0.4, 0.5) is 0 Å². The first kappa shape index (κ1) is 13.9. The number of rotatable bonds is 3. The molecule has 0 radical (unpaired) electrons. The van der Waals surface area contributed by atoms with E-state index in [0.717, 1.165) is 24.1 Å². The molecule has 114 valence electrons. The summed E-state index contributed by atoms with van der Waals surface area (Å²) >= 11 is 0. The number of nitrogens with zero attached hydrogens (tertiary/aromatic N) is 1. The quantitative estimate of drug-likeness (QED) is 0.944. The summed E-state index contributed by atoms with van der Waals surface area (Å²) in [6.45, 7) is 1.36. The SMILES string of the molecule is O=S(=O)(c1ccc(-c2ccccc2)cc1)N1CC2CC1CN2. The maximum absolute atomic E-state index is 12.8. The summed E-state index contributed by atoms with van der Waals surface area (Å²) in [6, 6.07) is 17.6. The zero-order valence-corrected chi connectivity index (χ0v) is 13.0. The van der Waals surface area contributed by atoms with Crippen LogP contribution in [0.2, 0.25) is 0 Å². The summed E-state index contributed by atoms with van der Waals surface area (Å²) in [5.74, 6) is 0. The highest BCUT2D eigenvalue weighted by molar-refractivity contribution is 7.89. The van der Waals surface area contributed by atoms with Crippen LogP contribution >= 0.6 is 0 Å². The minimum Gasteiger partial charge on any atom is -0.311 e. The molecule has 0 aromatic heterocycles. The molecule has 2 aliphatic rings. The Balaban J connectivity index is 1.63. The van der Waals surface area contributed by atoms with E-state index in [1.165, 1.54) is 0 Å². The number of benzene rings is 2. The number of nitrogens with one attached hydrogen (secondary N) is 1. The molecule has 2 aliphatic heterocycles. The Kier molecular flexibility index (Phi) is 3.29. The van der Waals surface area contributed by atoms with Crippen LogP contribution < -0.4 is 5.32 Å². The van der Waals surface area contributed by atoms with Gasteiger partial charge < -0.3 is 5.32 Å². The molecule has 5 heteroatoms. The molecule has 2 bridgehead atoms. The molecule has 2 heterocycles. The van der Waals surface area contributed by atoms with Gasteiger partial charge in [-0.3, -0.25) is 0 Å². The van der Waals surface area contributed by atoms with Crippen molar-refractivity contribution in [2.24, 2.45) is 0 Å². The summed E-state index contributed by atoms with van der Waals surface area (Å²) in [5, 5.41) is 3.33. The lowest BCUT2D eigenvalue weighted by molar-refractivity contribution is 0.349. The van der Waals surface area contributed by atoms with Crippen LogP contribution in [0.5, 0.6) is 0 Å². The van der Waals surface area contributed by atoms with Gasteiger partial charge in [0, 0.05) is 25.2 Å². The van der Waals surface area contributed by atoms with E-state index in [1.54, 1.807) is 16.4 Å². The van der Waals surface area contributed by atoms with Gasteiger partial charge in [-0.2, -0.15) is 4.31 Å². The van der Waals surface area contributed by atoms with Crippen LogP contribution in [0.1, 0.15) is 6.42 Å². The molecule has 2 aromatic carbocycles. The number of hydrogen-bond acceptors (Lipinski definition) is 3. The van der Waals surface area contributed by atoms with Crippen molar-refractivity contribution in [3.8, 4) is 11.1 Å². The van der Waals surface area contributed by atoms with Gasteiger partial charge in [-0.1, -0.05) is 42.5 Å². The molecule has 4 nitrogen and oxygen atoms in total. The minimum atomic E-state index is -3.38. The van der Waals surface area contributed by atoms with Crippen molar-refractivity contribution >= 4 is 10.0 Å². The van der Waals surface area contributed by atoms with Crippen LogP contribution in [0.3, 0.4) is 0 Å². The first-order valence-electron chi connectivity index (χ1n) is 7.55. The zero-order valence-electron chi connectivity index (χ0n) is 12.1. The third-order valence-corrected chi connectivity index (χ3v) is 6.51. The fourth-order valence-corrected chi connectivity index (χ4v) is 5.08. The second kappa shape index (κ2) is 5.19. The van der Waals surface area contributed by atoms with Crippen molar-refractivity contribution < 1.29 is 8.42 Å². The Labute approximate surface area is 130 Å². The van der Waals surface area contributed by atoms with E-state index < -0.39 is 10.0 Å². The maximum atomic E-state index is 12.8. The van der Waals surface area contributed by atoms with E-state index in [-0.39, 0.29) is 6.04 Å². The van der Waals surface area contributed by atoms with Crippen molar-refractivity contribution in [1.82, 2.24) is 9.62 Å². The predicted octanol–water partition coefficient (Wildman–Crippen LogP) is 2.09. The Hall–Kier alpha value is -1.69. The van der Waals surface area contributed by atoms with Gasteiger partial charge in [-0.05, 0) is 29.7 Å². The largest absolute Gasteiger partial charge is 0.311 e. The molecule has 2 fully saturated rings. The standard InChI is InChI=1S/C17H18N2O2S/c20-22(21,19-12-15-10-16(19)11-18-15)17-8-6-14(7-9-17)13-4-2-1-3-5-13/h1-9,15-16,18H,10-12H2. The van der Waals surface area contributed by atoms with Gasteiger partial charge in [0.15, 0.2) is 0 Å². The molecule has 2 aromatic rings. The average molecular weight is 314 g/mol. The molecular weight excluding hydrogens is 296 g/mol. The van der Waals surface area contributed by atoms with Gasteiger partial charge in [0.05, 0.1) is 4.90 Å². The third kappa shape index (κ3) is 2.26. The van der Waals surface area contributed by atoms with Crippen LogP contribution in [-0.4, -0.2) is 37.9 Å². The Morgan fingerprint density at radius 3 is 2.23 bits per heavy atom. The third-order valence-electron chi connectivity index (χ3n) is 4.57. The molecule has 4 rings (SSSR count). The highest BCUT2D eigenvalue weighted by Gasteiger charge is 2.44. The number of hydrogen-bond donors (Lipinski definition) is 1. The number of fused-ring (bicyclic) bond motifs is 2. The second-order valence-electron chi connectivity index (χ2n) is 5.96. The van der Waals surface area contributed by atoms with E-state index >= 15 is 0 Å². The smallest absolute Gasteiger partial charge is 0.243 e. The van der Waals surface area contributed by atoms with Crippen molar-refractivity contribution in [3.05, 3.63) is 54.6 Å². The van der Waals surface area contributed by atoms with E-state index in [9.17, 15) is 8.42 Å². The molecule has 2 saturated heterocycles. The van der Waals surface area contributed by atoms with E-state index in [4.69, 9.17) is 0 Å². The lowest BCUT2D eigenvalue weighted by atomic mass is 10.1. The normalized spacial score (nSPS) is 24.7. The van der Waals surface area contributed by atoms with Crippen molar-refractivity contribution in [1.29, 1.82) is 0 Å². The van der Waals surface area contributed by atoms with Crippen LogP contribution in [0.25, 0.3) is 11.1 Å². The highest BCUT2D eigenvalue weighted by atomic mass is 32.2. The lowest BCUT2D eigenvalue weighted by Gasteiger charge is -2.26. The maximum Gasteiger partial charge on any atom is 0.243 e.